The quantitative estimate of drug-likeness (QED) is 0.435. The molecule has 0 radical (unpaired) electrons. The lowest BCUT2D eigenvalue weighted by atomic mass is 10.1. The van der Waals surface area contributed by atoms with Gasteiger partial charge < -0.3 is 20.7 Å². The van der Waals surface area contributed by atoms with Crippen molar-refractivity contribution in [2.45, 2.75) is 31.3 Å². The fourth-order valence-corrected chi connectivity index (χ4v) is 1.12. The van der Waals surface area contributed by atoms with Crippen LogP contribution in [-0.2, 0) is 4.74 Å². The molecule has 1 fully saturated rings. The van der Waals surface area contributed by atoms with Gasteiger partial charge in [-0.3, -0.25) is 0 Å². The third kappa shape index (κ3) is 1.91. The van der Waals surface area contributed by atoms with E-state index in [2.05, 4.69) is 0 Å². The second-order valence-electron chi connectivity index (χ2n) is 2.57. The zero-order valence-corrected chi connectivity index (χ0v) is 5.73. The Bertz CT molecular complexity index is 99.2. The third-order valence-electron chi connectivity index (χ3n) is 1.62. The second kappa shape index (κ2) is 3.30. The Labute approximate surface area is 59.6 Å². The van der Waals surface area contributed by atoms with Gasteiger partial charge in [-0.05, 0) is 0 Å². The molecule has 1 rings (SSSR count). The molecule has 60 valence electrons. The van der Waals surface area contributed by atoms with Crippen LogP contribution in [0.25, 0.3) is 0 Å². The molecule has 0 aromatic rings. The lowest BCUT2D eigenvalue weighted by molar-refractivity contribution is -0.185. The van der Waals surface area contributed by atoms with Crippen molar-refractivity contribution in [2.75, 3.05) is 6.54 Å². The van der Waals surface area contributed by atoms with Crippen molar-refractivity contribution in [2.24, 2.45) is 5.73 Å². The molecule has 1 saturated heterocycles. The van der Waals surface area contributed by atoms with E-state index in [-0.39, 0.29) is 6.10 Å². The van der Waals surface area contributed by atoms with Gasteiger partial charge in [0.2, 0.25) is 0 Å². The van der Waals surface area contributed by atoms with Crippen molar-refractivity contribution < 1.29 is 14.9 Å². The number of ether oxygens (including phenoxy) is 1. The minimum Gasteiger partial charge on any atom is -0.393 e. The van der Waals surface area contributed by atoms with E-state index >= 15 is 0 Å². The molecular weight excluding hydrogens is 134 g/mol. The van der Waals surface area contributed by atoms with Crippen LogP contribution >= 0.6 is 0 Å². The summed E-state index contributed by atoms with van der Waals surface area (Å²) in [6, 6.07) is 0. The summed E-state index contributed by atoms with van der Waals surface area (Å²) in [6.07, 6.45) is -0.641. The molecule has 1 aliphatic rings. The first-order valence-electron chi connectivity index (χ1n) is 3.44. The van der Waals surface area contributed by atoms with Gasteiger partial charge in [-0.2, -0.15) is 0 Å². The molecule has 1 heterocycles. The van der Waals surface area contributed by atoms with Crippen molar-refractivity contribution in [1.82, 2.24) is 0 Å². The van der Waals surface area contributed by atoms with Crippen LogP contribution < -0.4 is 5.73 Å². The number of hydrogen-bond donors (Lipinski definition) is 3. The Hall–Kier alpha value is -0.160. The summed E-state index contributed by atoms with van der Waals surface area (Å²) in [6.45, 7) is 0.355. The molecule has 0 aliphatic carbocycles. The Morgan fingerprint density at radius 1 is 1.40 bits per heavy atom. The molecule has 4 N–H and O–H groups in total. The maximum absolute atomic E-state index is 9.09. The molecule has 0 aromatic heterocycles. The van der Waals surface area contributed by atoms with E-state index in [0.29, 0.717) is 19.4 Å². The summed E-state index contributed by atoms with van der Waals surface area (Å²) in [4.78, 5) is 0. The lowest BCUT2D eigenvalue weighted by Crippen LogP contribution is -2.39. The number of hydrogen-bond acceptors (Lipinski definition) is 4. The average Bonchev–Trinajstić information content (AvgIpc) is 1.85. The van der Waals surface area contributed by atoms with Gasteiger partial charge in [0.1, 0.15) is 0 Å². The van der Waals surface area contributed by atoms with Gasteiger partial charge in [-0.15, -0.1) is 0 Å². The maximum atomic E-state index is 9.09. The minimum atomic E-state index is -0.836. The molecule has 4 nitrogen and oxygen atoms in total. The summed E-state index contributed by atoms with van der Waals surface area (Å²) >= 11 is 0. The molecule has 3 unspecified atom stereocenters. The van der Waals surface area contributed by atoms with E-state index in [1.807, 2.05) is 0 Å². The van der Waals surface area contributed by atoms with Crippen molar-refractivity contribution in [3.8, 4) is 0 Å². The largest absolute Gasteiger partial charge is 0.393 e. The van der Waals surface area contributed by atoms with Gasteiger partial charge >= 0.3 is 0 Å². The highest BCUT2D eigenvalue weighted by atomic mass is 16.6. The molecule has 4 heteroatoms. The Morgan fingerprint density at radius 2 is 2.10 bits per heavy atom. The molecule has 10 heavy (non-hydrogen) atoms. The fourth-order valence-electron chi connectivity index (χ4n) is 1.12. The van der Waals surface area contributed by atoms with E-state index < -0.39 is 12.4 Å². The normalized spacial score (nSPS) is 41.7. The first-order valence-corrected chi connectivity index (χ1v) is 3.44. The predicted octanol–water partition coefficient (Wildman–Crippen LogP) is -1.20. The third-order valence-corrected chi connectivity index (χ3v) is 1.62. The molecule has 0 aromatic carbocycles. The molecule has 0 amide bonds. The van der Waals surface area contributed by atoms with E-state index in [4.69, 9.17) is 20.7 Å². The zero-order valence-electron chi connectivity index (χ0n) is 5.73. The van der Waals surface area contributed by atoms with E-state index in [9.17, 15) is 0 Å². The van der Waals surface area contributed by atoms with Crippen LogP contribution in [0.1, 0.15) is 12.8 Å². The molecule has 3 atom stereocenters. The molecular formula is C6H13NO3. The van der Waals surface area contributed by atoms with Crippen LogP contribution in [0, 0.1) is 0 Å². The first-order chi connectivity index (χ1) is 4.72. The molecule has 0 saturated carbocycles. The van der Waals surface area contributed by atoms with Gasteiger partial charge in [0.15, 0.2) is 6.29 Å². The van der Waals surface area contributed by atoms with Crippen LogP contribution in [0.3, 0.4) is 0 Å². The topological polar surface area (TPSA) is 75.7 Å². The van der Waals surface area contributed by atoms with Crippen LogP contribution in [0.2, 0.25) is 0 Å². The lowest BCUT2D eigenvalue weighted by Gasteiger charge is -2.29. The van der Waals surface area contributed by atoms with Gasteiger partial charge in [-0.25, -0.2) is 0 Å². The average molecular weight is 147 g/mol. The highest BCUT2D eigenvalue weighted by Gasteiger charge is 2.25. The number of rotatable bonds is 1. The van der Waals surface area contributed by atoms with Crippen molar-refractivity contribution in [1.29, 1.82) is 0 Å². The van der Waals surface area contributed by atoms with Crippen LogP contribution in [0.5, 0.6) is 0 Å². The Kier molecular flexibility index (Phi) is 2.62. The maximum Gasteiger partial charge on any atom is 0.157 e. The van der Waals surface area contributed by atoms with E-state index in [1.54, 1.807) is 0 Å². The second-order valence-corrected chi connectivity index (χ2v) is 2.57. The summed E-state index contributed by atoms with van der Waals surface area (Å²) < 4.78 is 4.98. The summed E-state index contributed by atoms with van der Waals surface area (Å²) in [5.41, 5.74) is 5.28. The van der Waals surface area contributed by atoms with Crippen LogP contribution in [-0.4, -0.2) is 35.3 Å². The fraction of sp³-hybridized carbons (Fsp3) is 1.00. The Balaban J connectivity index is 2.35. The number of aliphatic hydroxyl groups is 2. The van der Waals surface area contributed by atoms with Gasteiger partial charge in [0.25, 0.3) is 0 Å². The number of nitrogens with two attached hydrogens (primary N) is 1. The standard InChI is InChI=1S/C6H13NO3/c7-3-5-1-4(8)2-6(9)10-5/h4-6,8-9H,1-3,7H2. The molecule has 0 spiro atoms. The van der Waals surface area contributed by atoms with E-state index in [1.165, 1.54) is 0 Å². The minimum absolute atomic E-state index is 0.182. The molecule has 1 aliphatic heterocycles. The van der Waals surface area contributed by atoms with Crippen LogP contribution in [0.15, 0.2) is 0 Å². The predicted molar refractivity (Wildman–Crippen MR) is 35.2 cm³/mol. The summed E-state index contributed by atoms with van der Waals surface area (Å²) in [5, 5.41) is 18.0. The highest BCUT2D eigenvalue weighted by Crippen LogP contribution is 2.16. The van der Waals surface area contributed by atoms with Crippen molar-refractivity contribution >= 4 is 0 Å². The zero-order chi connectivity index (χ0) is 7.56. The SMILES string of the molecule is NCC1CC(O)CC(O)O1. The van der Waals surface area contributed by atoms with Gasteiger partial charge in [-0.1, -0.05) is 0 Å². The Morgan fingerprint density at radius 3 is 2.60 bits per heavy atom. The smallest absolute Gasteiger partial charge is 0.157 e. The van der Waals surface area contributed by atoms with Gasteiger partial charge in [0, 0.05) is 19.4 Å². The van der Waals surface area contributed by atoms with Crippen molar-refractivity contribution in [3.63, 3.8) is 0 Å². The summed E-state index contributed by atoms with van der Waals surface area (Å²) in [7, 11) is 0. The van der Waals surface area contributed by atoms with E-state index in [0.717, 1.165) is 0 Å². The molecule has 0 bridgehead atoms. The number of aliphatic hydroxyl groups excluding tert-OH is 2. The van der Waals surface area contributed by atoms with Crippen LogP contribution in [0.4, 0.5) is 0 Å². The first kappa shape index (κ1) is 7.94. The van der Waals surface area contributed by atoms with Crippen molar-refractivity contribution in [3.05, 3.63) is 0 Å². The summed E-state index contributed by atoms with van der Waals surface area (Å²) in [5.74, 6) is 0. The van der Waals surface area contributed by atoms with Gasteiger partial charge in [0.05, 0.1) is 12.2 Å². The monoisotopic (exact) mass is 147 g/mol. The highest BCUT2D eigenvalue weighted by molar-refractivity contribution is 4.72.